The van der Waals surface area contributed by atoms with E-state index in [1.165, 1.54) is 0 Å². The predicted molar refractivity (Wildman–Crippen MR) is 102 cm³/mol. The van der Waals surface area contributed by atoms with Gasteiger partial charge in [-0.3, -0.25) is 4.57 Å². The first-order chi connectivity index (χ1) is 12.0. The lowest BCUT2D eigenvalue weighted by Crippen LogP contribution is -2.06. The van der Waals surface area contributed by atoms with Crippen LogP contribution in [0.1, 0.15) is 23.0 Å². The molecule has 0 aliphatic carbocycles. The molecule has 25 heavy (non-hydrogen) atoms. The number of rotatable bonds is 4. The van der Waals surface area contributed by atoms with E-state index in [0.717, 1.165) is 16.8 Å². The standard InChI is InChI=1S/C19H16BrClN2O2/c1-3-25-19(24)16-17(20)23(15-11-14(21)10-9-12(15)2)18(22-16)13-7-5-4-6-8-13/h4-11H,3H2,1-2H3. The van der Waals surface area contributed by atoms with Gasteiger partial charge in [-0.2, -0.15) is 0 Å². The third kappa shape index (κ3) is 3.48. The zero-order valence-corrected chi connectivity index (χ0v) is 16.1. The molecule has 3 rings (SSSR count). The molecule has 0 N–H and O–H groups in total. The van der Waals surface area contributed by atoms with Crippen LogP contribution in [-0.4, -0.2) is 22.1 Å². The third-order valence-corrected chi connectivity index (χ3v) is 4.70. The second-order valence-corrected chi connectivity index (χ2v) is 6.62. The number of aryl methyl sites for hydroxylation is 1. The largest absolute Gasteiger partial charge is 0.461 e. The van der Waals surface area contributed by atoms with Gasteiger partial charge in [0.05, 0.1) is 12.3 Å². The molecule has 0 aliphatic rings. The SMILES string of the molecule is CCOC(=O)c1nc(-c2ccccc2)n(-c2cc(Cl)ccc2C)c1Br. The topological polar surface area (TPSA) is 44.1 Å². The summed E-state index contributed by atoms with van der Waals surface area (Å²) in [6.07, 6.45) is 0. The number of carbonyl (C=O) groups is 1. The number of nitrogens with zero attached hydrogens (tertiary/aromatic N) is 2. The predicted octanol–water partition coefficient (Wildman–Crippen LogP) is 5.44. The zero-order chi connectivity index (χ0) is 18.0. The molecule has 0 saturated heterocycles. The van der Waals surface area contributed by atoms with Crippen molar-refractivity contribution in [1.82, 2.24) is 9.55 Å². The number of carbonyl (C=O) groups excluding carboxylic acids is 1. The van der Waals surface area contributed by atoms with Crippen LogP contribution in [0.2, 0.25) is 5.02 Å². The summed E-state index contributed by atoms with van der Waals surface area (Å²) in [5.74, 6) is 0.172. The zero-order valence-electron chi connectivity index (χ0n) is 13.8. The second-order valence-electron chi connectivity index (χ2n) is 5.43. The molecular formula is C19H16BrClN2O2. The quantitative estimate of drug-likeness (QED) is 0.529. The van der Waals surface area contributed by atoms with E-state index in [9.17, 15) is 4.79 Å². The summed E-state index contributed by atoms with van der Waals surface area (Å²) in [7, 11) is 0. The Hall–Kier alpha value is -2.11. The fourth-order valence-electron chi connectivity index (χ4n) is 2.55. The van der Waals surface area contributed by atoms with Crippen LogP contribution in [0.25, 0.3) is 17.1 Å². The van der Waals surface area contributed by atoms with Crippen LogP contribution < -0.4 is 0 Å². The Labute approximate surface area is 159 Å². The molecule has 0 saturated carbocycles. The molecule has 0 radical (unpaired) electrons. The highest BCUT2D eigenvalue weighted by Gasteiger charge is 2.24. The van der Waals surface area contributed by atoms with E-state index in [0.29, 0.717) is 15.5 Å². The minimum Gasteiger partial charge on any atom is -0.461 e. The van der Waals surface area contributed by atoms with Crippen LogP contribution in [0.4, 0.5) is 0 Å². The van der Waals surface area contributed by atoms with Crippen molar-refractivity contribution in [2.24, 2.45) is 0 Å². The average Bonchev–Trinajstić information content (AvgIpc) is 2.95. The Bertz CT molecular complexity index is 923. The summed E-state index contributed by atoms with van der Waals surface area (Å²) in [6, 6.07) is 15.3. The van der Waals surface area contributed by atoms with Gasteiger partial charge >= 0.3 is 5.97 Å². The molecule has 0 bridgehead atoms. The fourth-order valence-corrected chi connectivity index (χ4v) is 3.33. The number of hydrogen-bond donors (Lipinski definition) is 0. The molecule has 1 heterocycles. The molecule has 2 aromatic carbocycles. The van der Waals surface area contributed by atoms with E-state index >= 15 is 0 Å². The number of esters is 1. The van der Waals surface area contributed by atoms with Crippen molar-refractivity contribution in [1.29, 1.82) is 0 Å². The first-order valence-electron chi connectivity index (χ1n) is 7.80. The van der Waals surface area contributed by atoms with Crippen LogP contribution in [0.15, 0.2) is 53.1 Å². The molecule has 0 amide bonds. The van der Waals surface area contributed by atoms with Crippen molar-refractivity contribution in [3.05, 3.63) is 69.4 Å². The van der Waals surface area contributed by atoms with Gasteiger partial charge in [0.15, 0.2) is 5.69 Å². The van der Waals surface area contributed by atoms with Crippen LogP contribution in [0, 0.1) is 6.92 Å². The number of imidazole rings is 1. The Morgan fingerprint density at radius 1 is 1.24 bits per heavy atom. The summed E-state index contributed by atoms with van der Waals surface area (Å²) < 4.78 is 7.55. The maximum absolute atomic E-state index is 12.3. The minimum absolute atomic E-state index is 0.236. The van der Waals surface area contributed by atoms with Gasteiger partial charge < -0.3 is 4.74 Å². The first kappa shape index (κ1) is 17.7. The maximum atomic E-state index is 12.3. The van der Waals surface area contributed by atoms with E-state index in [1.54, 1.807) is 6.92 Å². The van der Waals surface area contributed by atoms with E-state index < -0.39 is 5.97 Å². The van der Waals surface area contributed by atoms with Crippen molar-refractivity contribution < 1.29 is 9.53 Å². The van der Waals surface area contributed by atoms with Crippen molar-refractivity contribution in [2.75, 3.05) is 6.61 Å². The smallest absolute Gasteiger partial charge is 0.359 e. The summed E-state index contributed by atoms with van der Waals surface area (Å²) in [5.41, 5.74) is 2.98. The van der Waals surface area contributed by atoms with Gasteiger partial charge in [0.25, 0.3) is 0 Å². The first-order valence-corrected chi connectivity index (χ1v) is 8.97. The molecule has 6 heteroatoms. The lowest BCUT2D eigenvalue weighted by molar-refractivity contribution is 0.0519. The molecule has 1 aromatic heterocycles. The molecule has 0 aliphatic heterocycles. The lowest BCUT2D eigenvalue weighted by atomic mass is 10.1. The summed E-state index contributed by atoms with van der Waals surface area (Å²) >= 11 is 9.72. The lowest BCUT2D eigenvalue weighted by Gasteiger charge is -2.13. The molecule has 0 fully saturated rings. The van der Waals surface area contributed by atoms with Gasteiger partial charge in [0, 0.05) is 10.6 Å². The Morgan fingerprint density at radius 2 is 1.96 bits per heavy atom. The van der Waals surface area contributed by atoms with Crippen LogP contribution >= 0.6 is 27.5 Å². The van der Waals surface area contributed by atoms with Crippen molar-refractivity contribution >= 4 is 33.5 Å². The molecule has 0 unspecified atom stereocenters. The van der Waals surface area contributed by atoms with Gasteiger partial charge in [0.1, 0.15) is 10.4 Å². The maximum Gasteiger partial charge on any atom is 0.359 e. The van der Waals surface area contributed by atoms with Gasteiger partial charge in [-0.05, 0) is 47.5 Å². The molecule has 3 aromatic rings. The highest BCUT2D eigenvalue weighted by molar-refractivity contribution is 9.10. The average molecular weight is 420 g/mol. The molecule has 128 valence electrons. The highest BCUT2D eigenvalue weighted by atomic mass is 79.9. The summed E-state index contributed by atoms with van der Waals surface area (Å²) in [5, 5.41) is 0.609. The molecule has 0 atom stereocenters. The van der Waals surface area contributed by atoms with E-state index in [1.807, 2.05) is 60.0 Å². The summed E-state index contributed by atoms with van der Waals surface area (Å²) in [6.45, 7) is 4.04. The number of benzene rings is 2. The number of hydrogen-bond acceptors (Lipinski definition) is 3. The van der Waals surface area contributed by atoms with Gasteiger partial charge in [0.2, 0.25) is 0 Å². The number of aromatic nitrogens is 2. The number of halogens is 2. The highest BCUT2D eigenvalue weighted by Crippen LogP contribution is 2.33. The van der Waals surface area contributed by atoms with Gasteiger partial charge in [-0.15, -0.1) is 0 Å². The third-order valence-electron chi connectivity index (χ3n) is 3.73. The van der Waals surface area contributed by atoms with Crippen LogP contribution in [0.3, 0.4) is 0 Å². The van der Waals surface area contributed by atoms with Gasteiger partial charge in [-0.25, -0.2) is 9.78 Å². The van der Waals surface area contributed by atoms with Gasteiger partial charge in [-0.1, -0.05) is 48.0 Å². The number of ether oxygens (including phenoxy) is 1. The second kappa shape index (κ2) is 7.42. The van der Waals surface area contributed by atoms with E-state index in [-0.39, 0.29) is 12.3 Å². The summed E-state index contributed by atoms with van der Waals surface area (Å²) in [4.78, 5) is 16.8. The molecular weight excluding hydrogens is 404 g/mol. The van der Waals surface area contributed by atoms with Crippen molar-refractivity contribution in [2.45, 2.75) is 13.8 Å². The van der Waals surface area contributed by atoms with E-state index in [2.05, 4.69) is 20.9 Å². The molecule has 0 spiro atoms. The van der Waals surface area contributed by atoms with Crippen LogP contribution in [0.5, 0.6) is 0 Å². The molecule has 4 nitrogen and oxygen atoms in total. The Kier molecular flexibility index (Phi) is 5.25. The Balaban J connectivity index is 2.28. The van der Waals surface area contributed by atoms with Crippen molar-refractivity contribution in [3.8, 4) is 17.1 Å². The monoisotopic (exact) mass is 418 g/mol. The normalized spacial score (nSPS) is 10.7. The fraction of sp³-hybridized carbons (Fsp3) is 0.158. The Morgan fingerprint density at radius 3 is 2.64 bits per heavy atom. The minimum atomic E-state index is -0.468. The van der Waals surface area contributed by atoms with E-state index in [4.69, 9.17) is 16.3 Å². The van der Waals surface area contributed by atoms with Crippen LogP contribution in [-0.2, 0) is 4.74 Å². The van der Waals surface area contributed by atoms with Crippen molar-refractivity contribution in [3.63, 3.8) is 0 Å².